The van der Waals surface area contributed by atoms with E-state index in [4.69, 9.17) is 9.16 Å². The third kappa shape index (κ3) is 8.21. The van der Waals surface area contributed by atoms with E-state index < -0.39 is 8.32 Å². The van der Waals surface area contributed by atoms with Crippen LogP contribution in [0.15, 0.2) is 12.7 Å². The standard InChI is InChI=1S/C9H20O3Si2/c1-5-8(10)11-7-6-9(13)12-14(2,3)4/h5,9H,1,6-7H2,2-4,13H3. The van der Waals surface area contributed by atoms with Gasteiger partial charge >= 0.3 is 5.97 Å². The van der Waals surface area contributed by atoms with Crippen molar-refractivity contribution in [2.24, 2.45) is 0 Å². The zero-order chi connectivity index (χ0) is 11.2. The first-order chi connectivity index (χ1) is 6.35. The van der Waals surface area contributed by atoms with Gasteiger partial charge in [0.1, 0.15) is 0 Å². The van der Waals surface area contributed by atoms with Gasteiger partial charge in [0.15, 0.2) is 8.32 Å². The summed E-state index contributed by atoms with van der Waals surface area (Å²) in [4.78, 5) is 10.7. The SMILES string of the molecule is C=CC(=O)OCCC([SiH3])O[Si](C)(C)C. The normalized spacial score (nSPS) is 13.6. The van der Waals surface area contributed by atoms with E-state index in [1.54, 1.807) is 0 Å². The van der Waals surface area contributed by atoms with Crippen molar-refractivity contribution in [2.75, 3.05) is 6.61 Å². The molecular weight excluding hydrogens is 212 g/mol. The molecule has 0 aliphatic carbocycles. The second-order valence-electron chi connectivity index (χ2n) is 4.20. The number of hydrogen-bond donors (Lipinski definition) is 0. The van der Waals surface area contributed by atoms with Gasteiger partial charge in [0, 0.05) is 28.5 Å². The number of carbonyl (C=O) groups excluding carboxylic acids is 1. The van der Waals surface area contributed by atoms with Gasteiger partial charge in [-0.15, -0.1) is 0 Å². The molecule has 0 radical (unpaired) electrons. The molecule has 0 spiro atoms. The molecule has 0 aromatic heterocycles. The van der Waals surface area contributed by atoms with Gasteiger partial charge < -0.3 is 9.16 Å². The van der Waals surface area contributed by atoms with Crippen LogP contribution in [0.4, 0.5) is 0 Å². The average Bonchev–Trinajstić information content (AvgIpc) is 2.00. The maximum atomic E-state index is 10.7. The Labute approximate surface area is 90.0 Å². The zero-order valence-electron chi connectivity index (χ0n) is 9.50. The number of esters is 1. The third-order valence-electron chi connectivity index (χ3n) is 1.49. The largest absolute Gasteiger partial charge is 0.462 e. The number of rotatable bonds is 6. The van der Waals surface area contributed by atoms with E-state index in [1.165, 1.54) is 6.08 Å². The number of ether oxygens (including phenoxy) is 1. The molecule has 0 fully saturated rings. The molecule has 0 bridgehead atoms. The van der Waals surface area contributed by atoms with Crippen LogP contribution in [0.2, 0.25) is 19.6 Å². The molecular formula is C9H20O3Si2. The van der Waals surface area contributed by atoms with Crippen molar-refractivity contribution in [3.05, 3.63) is 12.7 Å². The fourth-order valence-electron chi connectivity index (χ4n) is 1.05. The van der Waals surface area contributed by atoms with Crippen LogP contribution >= 0.6 is 0 Å². The van der Waals surface area contributed by atoms with E-state index in [2.05, 4.69) is 26.2 Å². The molecule has 1 unspecified atom stereocenters. The molecule has 0 rings (SSSR count). The van der Waals surface area contributed by atoms with Crippen LogP contribution in [0.25, 0.3) is 0 Å². The lowest BCUT2D eigenvalue weighted by molar-refractivity contribution is -0.138. The number of carbonyl (C=O) groups is 1. The summed E-state index contributed by atoms with van der Waals surface area (Å²) in [7, 11) is -0.455. The van der Waals surface area contributed by atoms with Crippen molar-refractivity contribution >= 4 is 24.5 Å². The van der Waals surface area contributed by atoms with Crippen LogP contribution in [-0.4, -0.2) is 36.9 Å². The molecule has 82 valence electrons. The molecule has 1 atom stereocenters. The predicted molar refractivity (Wildman–Crippen MR) is 63.9 cm³/mol. The maximum absolute atomic E-state index is 10.7. The summed E-state index contributed by atoms with van der Waals surface area (Å²) in [5.41, 5.74) is 0.291. The third-order valence-corrected chi connectivity index (χ3v) is 3.88. The second kappa shape index (κ2) is 6.16. The van der Waals surface area contributed by atoms with Gasteiger partial charge in [0.2, 0.25) is 0 Å². The molecule has 3 nitrogen and oxygen atoms in total. The summed E-state index contributed by atoms with van der Waals surface area (Å²) < 4.78 is 10.7. The van der Waals surface area contributed by atoms with E-state index >= 15 is 0 Å². The molecule has 0 aromatic carbocycles. The first-order valence-corrected chi connectivity index (χ1v) is 9.38. The van der Waals surface area contributed by atoms with Crippen molar-refractivity contribution in [2.45, 2.75) is 31.8 Å². The van der Waals surface area contributed by atoms with Gasteiger partial charge in [-0.2, -0.15) is 0 Å². The van der Waals surface area contributed by atoms with E-state index in [1.807, 2.05) is 0 Å². The first kappa shape index (κ1) is 13.6. The van der Waals surface area contributed by atoms with Crippen LogP contribution in [0.3, 0.4) is 0 Å². The Kier molecular flexibility index (Phi) is 5.98. The van der Waals surface area contributed by atoms with Crippen LogP contribution in [-0.2, 0) is 14.0 Å². The zero-order valence-corrected chi connectivity index (χ0v) is 12.5. The van der Waals surface area contributed by atoms with Crippen molar-refractivity contribution in [3.63, 3.8) is 0 Å². The van der Waals surface area contributed by atoms with Crippen LogP contribution in [0.1, 0.15) is 6.42 Å². The molecule has 14 heavy (non-hydrogen) atoms. The highest BCUT2D eigenvalue weighted by molar-refractivity contribution is 6.70. The summed E-state index contributed by atoms with van der Waals surface area (Å²) in [6, 6.07) is 0. The summed E-state index contributed by atoms with van der Waals surface area (Å²) in [5.74, 6) is -0.355. The minimum atomic E-state index is -1.43. The van der Waals surface area contributed by atoms with Gasteiger partial charge in [0.25, 0.3) is 0 Å². The highest BCUT2D eigenvalue weighted by atomic mass is 28.4. The quantitative estimate of drug-likeness (QED) is 0.383. The summed E-state index contributed by atoms with van der Waals surface area (Å²) in [6.07, 6.45) is 1.98. The Morgan fingerprint density at radius 2 is 2.14 bits per heavy atom. The smallest absolute Gasteiger partial charge is 0.330 e. The van der Waals surface area contributed by atoms with E-state index in [-0.39, 0.29) is 5.97 Å². The van der Waals surface area contributed by atoms with Crippen LogP contribution in [0, 0.1) is 0 Å². The van der Waals surface area contributed by atoms with Crippen molar-refractivity contribution in [1.82, 2.24) is 0 Å². The lowest BCUT2D eigenvalue weighted by atomic mass is 10.5. The van der Waals surface area contributed by atoms with Crippen molar-refractivity contribution in [3.8, 4) is 0 Å². The average molecular weight is 232 g/mol. The Morgan fingerprint density at radius 1 is 1.57 bits per heavy atom. The second-order valence-corrected chi connectivity index (χ2v) is 9.95. The van der Waals surface area contributed by atoms with Crippen molar-refractivity contribution in [1.29, 1.82) is 0 Å². The Bertz CT molecular complexity index is 199. The van der Waals surface area contributed by atoms with Gasteiger partial charge in [-0.1, -0.05) is 6.58 Å². The topological polar surface area (TPSA) is 35.5 Å². The van der Waals surface area contributed by atoms with Gasteiger partial charge in [-0.05, 0) is 19.6 Å². The molecule has 0 aliphatic rings. The van der Waals surface area contributed by atoms with E-state index in [0.29, 0.717) is 12.3 Å². The summed E-state index contributed by atoms with van der Waals surface area (Å²) >= 11 is 0. The minimum Gasteiger partial charge on any atom is -0.462 e. The first-order valence-electron chi connectivity index (χ1n) is 4.82. The molecule has 0 N–H and O–H groups in total. The molecule has 0 aliphatic heterocycles. The highest BCUT2D eigenvalue weighted by Crippen LogP contribution is 2.07. The van der Waals surface area contributed by atoms with Gasteiger partial charge in [0.05, 0.1) is 6.61 Å². The van der Waals surface area contributed by atoms with Gasteiger partial charge in [-0.25, -0.2) is 4.79 Å². The number of hydrogen-bond acceptors (Lipinski definition) is 3. The molecule has 0 amide bonds. The van der Waals surface area contributed by atoms with E-state index in [0.717, 1.165) is 16.7 Å². The van der Waals surface area contributed by atoms with Crippen LogP contribution in [0.5, 0.6) is 0 Å². The summed E-state index contributed by atoms with van der Waals surface area (Å²) in [6.45, 7) is 10.2. The van der Waals surface area contributed by atoms with Gasteiger partial charge in [-0.3, -0.25) is 0 Å². The molecule has 0 aromatic rings. The predicted octanol–water partition coefficient (Wildman–Crippen LogP) is 0.649. The molecule has 0 saturated carbocycles. The lowest BCUT2D eigenvalue weighted by Crippen LogP contribution is -2.33. The lowest BCUT2D eigenvalue weighted by Gasteiger charge is -2.23. The minimum absolute atomic E-state index is 0.291. The fraction of sp³-hybridized carbons (Fsp3) is 0.667. The Balaban J connectivity index is 3.59. The molecule has 0 heterocycles. The molecule has 0 saturated heterocycles. The Hall–Kier alpha value is -0.396. The molecule has 5 heteroatoms. The van der Waals surface area contributed by atoms with Crippen molar-refractivity contribution < 1.29 is 14.0 Å². The summed E-state index contributed by atoms with van der Waals surface area (Å²) in [5, 5.41) is 0. The monoisotopic (exact) mass is 232 g/mol. The maximum Gasteiger partial charge on any atom is 0.330 e. The van der Waals surface area contributed by atoms with Crippen LogP contribution < -0.4 is 0 Å². The highest BCUT2D eigenvalue weighted by Gasteiger charge is 2.17. The van der Waals surface area contributed by atoms with E-state index in [9.17, 15) is 4.79 Å². The fourth-order valence-corrected chi connectivity index (χ4v) is 4.73. The Morgan fingerprint density at radius 3 is 2.57 bits per heavy atom.